The molecule has 1 heterocycles. The predicted octanol–water partition coefficient (Wildman–Crippen LogP) is 1.66. The number of hydrazine groups is 1. The van der Waals surface area contributed by atoms with Crippen molar-refractivity contribution in [2.24, 2.45) is 0 Å². The van der Waals surface area contributed by atoms with Gasteiger partial charge in [0.15, 0.2) is 0 Å². The van der Waals surface area contributed by atoms with E-state index in [2.05, 4.69) is 21.7 Å². The van der Waals surface area contributed by atoms with Gasteiger partial charge >= 0.3 is 0 Å². The third-order valence-electron chi connectivity index (χ3n) is 2.99. The molecule has 0 radical (unpaired) electrons. The highest BCUT2D eigenvalue weighted by Gasteiger charge is 2.21. The third kappa shape index (κ3) is 3.93. The van der Waals surface area contributed by atoms with Crippen LogP contribution < -0.4 is 10.7 Å². The number of terminal acetylenes is 1. The maximum atomic E-state index is 6.30. The van der Waals surface area contributed by atoms with Gasteiger partial charge in [-0.3, -0.25) is 5.32 Å². The maximum Gasteiger partial charge on any atom is 0.108 e. The fourth-order valence-electron chi connectivity index (χ4n) is 2.03. The van der Waals surface area contributed by atoms with Crippen molar-refractivity contribution in [3.63, 3.8) is 0 Å². The minimum atomic E-state index is -0.142. The van der Waals surface area contributed by atoms with Crippen LogP contribution in [0, 0.1) is 19.3 Å². The van der Waals surface area contributed by atoms with Crippen LogP contribution in [-0.2, 0) is 4.74 Å². The first-order valence-corrected chi connectivity index (χ1v) is 6.59. The molecule has 0 aliphatic carbocycles. The van der Waals surface area contributed by atoms with Crippen LogP contribution in [0.2, 0.25) is 5.02 Å². The van der Waals surface area contributed by atoms with Crippen molar-refractivity contribution in [2.75, 3.05) is 26.5 Å². The van der Waals surface area contributed by atoms with Gasteiger partial charge in [-0.05, 0) is 18.6 Å². The molecule has 19 heavy (non-hydrogen) atoms. The number of ether oxygens (including phenoxy) is 1. The van der Waals surface area contributed by atoms with Gasteiger partial charge in [-0.25, -0.2) is 10.4 Å². The highest BCUT2D eigenvalue weighted by molar-refractivity contribution is 6.31. The van der Waals surface area contributed by atoms with Gasteiger partial charge in [-0.15, -0.1) is 6.42 Å². The molecular formula is C14H18ClN3O. The van der Waals surface area contributed by atoms with Crippen LogP contribution in [0.1, 0.15) is 17.2 Å². The zero-order valence-electron chi connectivity index (χ0n) is 10.9. The van der Waals surface area contributed by atoms with E-state index >= 15 is 0 Å². The summed E-state index contributed by atoms with van der Waals surface area (Å²) in [6.07, 6.45) is 5.13. The number of nitrogens with one attached hydrogen (secondary N) is 2. The lowest BCUT2D eigenvalue weighted by atomic mass is 10.1. The normalized spacial score (nSPS) is 17.3. The number of halogens is 1. The molecule has 4 nitrogen and oxygen atoms in total. The number of hydrogen-bond acceptors (Lipinski definition) is 4. The number of hydrogen-bond donors (Lipinski definition) is 2. The van der Waals surface area contributed by atoms with E-state index in [4.69, 9.17) is 22.8 Å². The van der Waals surface area contributed by atoms with E-state index in [9.17, 15) is 0 Å². The Bertz CT molecular complexity index is 466. The van der Waals surface area contributed by atoms with Gasteiger partial charge in [0.1, 0.15) is 6.61 Å². The molecule has 1 saturated heterocycles. The van der Waals surface area contributed by atoms with Crippen LogP contribution >= 0.6 is 11.6 Å². The summed E-state index contributed by atoms with van der Waals surface area (Å²) in [5.74, 6) is 2.50. The first-order chi connectivity index (χ1) is 9.20. The topological polar surface area (TPSA) is 36.5 Å². The Balaban J connectivity index is 2.13. The molecule has 2 N–H and O–H groups in total. The van der Waals surface area contributed by atoms with Crippen molar-refractivity contribution >= 4 is 11.6 Å². The Morgan fingerprint density at radius 3 is 3.05 bits per heavy atom. The van der Waals surface area contributed by atoms with E-state index in [-0.39, 0.29) is 12.7 Å². The van der Waals surface area contributed by atoms with Crippen molar-refractivity contribution in [1.29, 1.82) is 0 Å². The van der Waals surface area contributed by atoms with Crippen molar-refractivity contribution in [1.82, 2.24) is 15.8 Å². The molecule has 1 aromatic rings. The standard InChI is InChI=1S/C14H18ClN3O/c1-3-6-19-14(8-18-10-16-9-17-18)12-5-4-11(2)7-13(12)15/h1,4-5,7,14,16-17H,6,8-10H2,2H3. The molecule has 1 unspecified atom stereocenters. The van der Waals surface area contributed by atoms with Crippen LogP contribution in [0.5, 0.6) is 0 Å². The zero-order chi connectivity index (χ0) is 13.7. The average Bonchev–Trinajstić information content (AvgIpc) is 2.88. The molecule has 0 saturated carbocycles. The molecule has 1 aliphatic rings. The summed E-state index contributed by atoms with van der Waals surface area (Å²) in [5, 5.41) is 5.96. The monoisotopic (exact) mass is 279 g/mol. The fraction of sp³-hybridized carbons (Fsp3) is 0.429. The minimum Gasteiger partial charge on any atom is -0.359 e. The molecule has 2 rings (SSSR count). The summed E-state index contributed by atoms with van der Waals surface area (Å²) >= 11 is 6.30. The van der Waals surface area contributed by atoms with Gasteiger partial charge in [0.2, 0.25) is 0 Å². The molecule has 1 atom stereocenters. The Morgan fingerprint density at radius 2 is 2.42 bits per heavy atom. The van der Waals surface area contributed by atoms with Crippen molar-refractivity contribution in [3.05, 3.63) is 34.3 Å². The van der Waals surface area contributed by atoms with Crippen molar-refractivity contribution in [2.45, 2.75) is 13.0 Å². The number of rotatable bonds is 5. The number of nitrogens with zero attached hydrogens (tertiary/aromatic N) is 1. The Morgan fingerprint density at radius 1 is 1.58 bits per heavy atom. The lowest BCUT2D eigenvalue weighted by Crippen LogP contribution is -2.35. The summed E-state index contributed by atoms with van der Waals surface area (Å²) in [6.45, 7) is 4.52. The smallest absolute Gasteiger partial charge is 0.108 e. The molecule has 5 heteroatoms. The number of benzene rings is 1. The van der Waals surface area contributed by atoms with Crippen LogP contribution in [0.15, 0.2) is 18.2 Å². The quantitative estimate of drug-likeness (QED) is 0.804. The molecule has 0 amide bonds. The Hall–Kier alpha value is -1.09. The first kappa shape index (κ1) is 14.3. The molecule has 1 aliphatic heterocycles. The van der Waals surface area contributed by atoms with Crippen LogP contribution in [0.25, 0.3) is 0 Å². The summed E-state index contributed by atoms with van der Waals surface area (Å²) < 4.78 is 5.73. The molecule has 102 valence electrons. The summed E-state index contributed by atoms with van der Waals surface area (Å²) in [7, 11) is 0. The number of aryl methyl sites for hydroxylation is 1. The van der Waals surface area contributed by atoms with Gasteiger partial charge in [0.25, 0.3) is 0 Å². The second-order valence-corrected chi connectivity index (χ2v) is 4.90. The van der Waals surface area contributed by atoms with Crippen LogP contribution in [-0.4, -0.2) is 31.5 Å². The molecular weight excluding hydrogens is 262 g/mol. The lowest BCUT2D eigenvalue weighted by molar-refractivity contribution is 0.0385. The Labute approximate surface area is 119 Å². The molecule has 0 spiro atoms. The van der Waals surface area contributed by atoms with Gasteiger partial charge < -0.3 is 4.74 Å². The molecule has 0 bridgehead atoms. The predicted molar refractivity (Wildman–Crippen MR) is 76.4 cm³/mol. The van der Waals surface area contributed by atoms with E-state index in [1.807, 2.05) is 25.1 Å². The summed E-state index contributed by atoms with van der Waals surface area (Å²) in [6, 6.07) is 5.98. The van der Waals surface area contributed by atoms with Crippen LogP contribution in [0.3, 0.4) is 0 Å². The Kier molecular flexibility index (Phi) is 5.20. The lowest BCUT2D eigenvalue weighted by Gasteiger charge is -2.23. The zero-order valence-corrected chi connectivity index (χ0v) is 11.7. The van der Waals surface area contributed by atoms with Crippen LogP contribution in [0.4, 0.5) is 0 Å². The van der Waals surface area contributed by atoms with Crippen molar-refractivity contribution < 1.29 is 4.74 Å². The maximum absolute atomic E-state index is 6.30. The van der Waals surface area contributed by atoms with Gasteiger partial charge in [0.05, 0.1) is 19.4 Å². The van der Waals surface area contributed by atoms with Gasteiger partial charge in [-0.1, -0.05) is 29.7 Å². The molecule has 0 aromatic heterocycles. The molecule has 1 fully saturated rings. The summed E-state index contributed by atoms with van der Waals surface area (Å²) in [5.41, 5.74) is 5.31. The van der Waals surface area contributed by atoms with Crippen molar-refractivity contribution in [3.8, 4) is 12.3 Å². The van der Waals surface area contributed by atoms with E-state index in [1.165, 1.54) is 0 Å². The van der Waals surface area contributed by atoms with E-state index < -0.39 is 0 Å². The molecule has 1 aromatic carbocycles. The minimum absolute atomic E-state index is 0.142. The highest BCUT2D eigenvalue weighted by atomic mass is 35.5. The second kappa shape index (κ2) is 6.90. The SMILES string of the molecule is C#CCOC(CN1CNCN1)c1ccc(C)cc1Cl. The van der Waals surface area contributed by atoms with E-state index in [0.717, 1.165) is 24.5 Å². The van der Waals surface area contributed by atoms with Gasteiger partial charge in [-0.2, -0.15) is 0 Å². The van der Waals surface area contributed by atoms with E-state index in [0.29, 0.717) is 11.6 Å². The fourth-order valence-corrected chi connectivity index (χ4v) is 2.38. The third-order valence-corrected chi connectivity index (χ3v) is 3.31. The summed E-state index contributed by atoms with van der Waals surface area (Å²) in [4.78, 5) is 0. The highest BCUT2D eigenvalue weighted by Crippen LogP contribution is 2.27. The van der Waals surface area contributed by atoms with Gasteiger partial charge in [0, 0.05) is 17.1 Å². The second-order valence-electron chi connectivity index (χ2n) is 4.49. The average molecular weight is 280 g/mol. The first-order valence-electron chi connectivity index (χ1n) is 6.21. The largest absolute Gasteiger partial charge is 0.359 e. The van der Waals surface area contributed by atoms with E-state index in [1.54, 1.807) is 0 Å².